The zero-order chi connectivity index (χ0) is 20.8. The van der Waals surface area contributed by atoms with E-state index >= 15 is 0 Å². The van der Waals surface area contributed by atoms with Gasteiger partial charge in [0, 0.05) is 11.1 Å². The van der Waals surface area contributed by atoms with Crippen LogP contribution in [0.4, 0.5) is 0 Å². The van der Waals surface area contributed by atoms with Crippen LogP contribution in [0.3, 0.4) is 0 Å². The first kappa shape index (κ1) is 20.7. The molecule has 5 nitrogen and oxygen atoms in total. The van der Waals surface area contributed by atoms with Gasteiger partial charge in [-0.15, -0.1) is 0 Å². The van der Waals surface area contributed by atoms with Crippen molar-refractivity contribution in [2.24, 2.45) is 0 Å². The van der Waals surface area contributed by atoms with Gasteiger partial charge in [-0.05, 0) is 47.5 Å². The Bertz CT molecular complexity index is 1080. The molecule has 2 N–H and O–H groups in total. The number of hydrogen-bond donors (Lipinski definition) is 2. The third-order valence-corrected chi connectivity index (χ3v) is 4.64. The van der Waals surface area contributed by atoms with E-state index in [2.05, 4.69) is 10.9 Å². The van der Waals surface area contributed by atoms with E-state index in [9.17, 15) is 9.59 Å². The summed E-state index contributed by atoms with van der Waals surface area (Å²) in [6.07, 6.45) is 2.16. The van der Waals surface area contributed by atoms with Crippen LogP contribution in [0.15, 0.2) is 66.7 Å². The van der Waals surface area contributed by atoms with Crippen LogP contribution in [-0.2, 0) is 9.59 Å². The van der Waals surface area contributed by atoms with Crippen LogP contribution in [0.1, 0.15) is 12.5 Å². The number of ether oxygens (including phenoxy) is 1. The lowest BCUT2D eigenvalue weighted by molar-refractivity contribution is -0.131. The van der Waals surface area contributed by atoms with Crippen molar-refractivity contribution in [2.75, 3.05) is 0 Å². The third kappa shape index (κ3) is 5.50. The lowest BCUT2D eigenvalue weighted by atomic mass is 10.0. The smallest absolute Gasteiger partial charge is 0.279 e. The minimum absolute atomic E-state index is 0.291. The molecule has 148 valence electrons. The molecule has 1 atom stereocenters. The maximum atomic E-state index is 12.1. The van der Waals surface area contributed by atoms with Gasteiger partial charge in [0.05, 0.1) is 5.02 Å². The standard InChI is InChI=1S/C22H18Cl2N2O3/c1-14(29-20-11-10-17(23)13-19(20)24)22(28)26-25-21(27)12-9-16-7-4-6-15-5-2-3-8-18(15)16/h2-14H,1H3,(H,25,27)(H,26,28). The number of halogens is 2. The normalized spacial score (nSPS) is 12.0. The summed E-state index contributed by atoms with van der Waals surface area (Å²) in [4.78, 5) is 24.2. The third-order valence-electron chi connectivity index (χ3n) is 4.11. The highest BCUT2D eigenvalue weighted by Gasteiger charge is 2.16. The topological polar surface area (TPSA) is 67.4 Å². The molecule has 0 saturated heterocycles. The predicted octanol–water partition coefficient (Wildman–Crippen LogP) is 4.77. The second-order valence-electron chi connectivity index (χ2n) is 6.22. The Morgan fingerprint density at radius 2 is 1.76 bits per heavy atom. The molecule has 0 saturated carbocycles. The van der Waals surface area contributed by atoms with Crippen molar-refractivity contribution in [3.05, 3.63) is 82.3 Å². The van der Waals surface area contributed by atoms with E-state index in [4.69, 9.17) is 27.9 Å². The molecule has 29 heavy (non-hydrogen) atoms. The summed E-state index contributed by atoms with van der Waals surface area (Å²) in [6, 6.07) is 18.4. The molecule has 1 unspecified atom stereocenters. The van der Waals surface area contributed by atoms with Gasteiger partial charge in [0.25, 0.3) is 11.8 Å². The van der Waals surface area contributed by atoms with Crippen LogP contribution in [-0.4, -0.2) is 17.9 Å². The zero-order valence-electron chi connectivity index (χ0n) is 15.5. The number of hydrazine groups is 1. The van der Waals surface area contributed by atoms with Crippen molar-refractivity contribution in [2.45, 2.75) is 13.0 Å². The molecule has 0 bridgehead atoms. The molecule has 7 heteroatoms. The average Bonchev–Trinajstić information content (AvgIpc) is 2.72. The molecule has 0 aromatic heterocycles. The Kier molecular flexibility index (Phi) is 6.75. The highest BCUT2D eigenvalue weighted by Crippen LogP contribution is 2.28. The van der Waals surface area contributed by atoms with Gasteiger partial charge in [-0.3, -0.25) is 20.4 Å². The highest BCUT2D eigenvalue weighted by molar-refractivity contribution is 6.35. The monoisotopic (exact) mass is 428 g/mol. The minimum atomic E-state index is -0.879. The van der Waals surface area contributed by atoms with Gasteiger partial charge in [-0.25, -0.2) is 0 Å². The quantitative estimate of drug-likeness (QED) is 0.454. The first-order valence-electron chi connectivity index (χ1n) is 8.81. The second kappa shape index (κ2) is 9.45. The second-order valence-corrected chi connectivity index (χ2v) is 7.06. The molecule has 3 aromatic rings. The van der Waals surface area contributed by atoms with Crippen LogP contribution >= 0.6 is 23.2 Å². The van der Waals surface area contributed by atoms with Gasteiger partial charge in [0.15, 0.2) is 6.10 Å². The Labute approximate surface area is 178 Å². The van der Waals surface area contributed by atoms with E-state index < -0.39 is 17.9 Å². The number of benzene rings is 3. The van der Waals surface area contributed by atoms with E-state index in [1.807, 2.05) is 42.5 Å². The molecule has 0 heterocycles. The van der Waals surface area contributed by atoms with Crippen LogP contribution in [0.25, 0.3) is 16.8 Å². The number of fused-ring (bicyclic) bond motifs is 1. The van der Waals surface area contributed by atoms with Crippen LogP contribution in [0, 0.1) is 0 Å². The Hall–Kier alpha value is -3.02. The van der Waals surface area contributed by atoms with E-state index in [1.54, 1.807) is 25.1 Å². The van der Waals surface area contributed by atoms with Gasteiger partial charge in [-0.1, -0.05) is 65.7 Å². The maximum Gasteiger partial charge on any atom is 0.279 e. The minimum Gasteiger partial charge on any atom is -0.479 e. The predicted molar refractivity (Wildman–Crippen MR) is 116 cm³/mol. The molecule has 0 spiro atoms. The van der Waals surface area contributed by atoms with Crippen molar-refractivity contribution in [1.29, 1.82) is 0 Å². The Morgan fingerprint density at radius 3 is 2.55 bits per heavy atom. The number of carbonyl (C=O) groups is 2. The van der Waals surface area contributed by atoms with Crippen LogP contribution in [0.5, 0.6) is 5.75 Å². The van der Waals surface area contributed by atoms with Crippen LogP contribution < -0.4 is 15.6 Å². The van der Waals surface area contributed by atoms with E-state index in [0.29, 0.717) is 15.8 Å². The maximum absolute atomic E-state index is 12.1. The van der Waals surface area contributed by atoms with Crippen molar-refractivity contribution >= 4 is 51.9 Å². The SMILES string of the molecule is CC(Oc1ccc(Cl)cc1Cl)C(=O)NNC(=O)C=Cc1cccc2ccccc12. The van der Waals surface area contributed by atoms with Gasteiger partial charge < -0.3 is 4.74 Å². The first-order valence-corrected chi connectivity index (χ1v) is 9.57. The van der Waals surface area contributed by atoms with Crippen molar-refractivity contribution in [3.8, 4) is 5.75 Å². The molecule has 0 aliphatic rings. The fourth-order valence-electron chi connectivity index (χ4n) is 2.64. The summed E-state index contributed by atoms with van der Waals surface area (Å²) in [5.74, 6) is -0.674. The fourth-order valence-corrected chi connectivity index (χ4v) is 3.10. The van der Waals surface area contributed by atoms with E-state index in [-0.39, 0.29) is 0 Å². The van der Waals surface area contributed by atoms with E-state index in [1.165, 1.54) is 12.1 Å². The zero-order valence-corrected chi connectivity index (χ0v) is 17.0. The largest absolute Gasteiger partial charge is 0.479 e. The summed E-state index contributed by atoms with van der Waals surface area (Å²) in [7, 11) is 0. The molecular formula is C22H18Cl2N2O3. The molecule has 0 aliphatic carbocycles. The van der Waals surface area contributed by atoms with Gasteiger partial charge >= 0.3 is 0 Å². The van der Waals surface area contributed by atoms with Crippen LogP contribution in [0.2, 0.25) is 10.0 Å². The molecule has 0 aliphatic heterocycles. The summed E-state index contributed by atoms with van der Waals surface area (Å²) < 4.78 is 5.50. The molecule has 0 fully saturated rings. The van der Waals surface area contributed by atoms with Gasteiger partial charge in [0.2, 0.25) is 0 Å². The number of rotatable bonds is 5. The average molecular weight is 429 g/mol. The Balaban J connectivity index is 1.55. The number of amides is 2. The summed E-state index contributed by atoms with van der Waals surface area (Å²) in [5.41, 5.74) is 5.56. The molecule has 3 rings (SSSR count). The lowest BCUT2D eigenvalue weighted by Gasteiger charge is -2.15. The molecule has 3 aromatic carbocycles. The lowest BCUT2D eigenvalue weighted by Crippen LogP contribution is -2.46. The van der Waals surface area contributed by atoms with Crippen molar-refractivity contribution < 1.29 is 14.3 Å². The number of carbonyl (C=O) groups excluding carboxylic acids is 2. The van der Waals surface area contributed by atoms with E-state index in [0.717, 1.165) is 16.3 Å². The van der Waals surface area contributed by atoms with Crippen molar-refractivity contribution in [1.82, 2.24) is 10.9 Å². The Morgan fingerprint density at radius 1 is 1.00 bits per heavy atom. The highest BCUT2D eigenvalue weighted by atomic mass is 35.5. The summed E-state index contributed by atoms with van der Waals surface area (Å²) in [6.45, 7) is 1.54. The molecular weight excluding hydrogens is 411 g/mol. The number of hydrogen-bond acceptors (Lipinski definition) is 3. The molecule has 2 amide bonds. The molecule has 0 radical (unpaired) electrons. The first-order chi connectivity index (χ1) is 13.9. The van der Waals surface area contributed by atoms with Gasteiger partial charge in [0.1, 0.15) is 5.75 Å². The van der Waals surface area contributed by atoms with Crippen molar-refractivity contribution in [3.63, 3.8) is 0 Å². The summed E-state index contributed by atoms with van der Waals surface area (Å²) >= 11 is 11.9. The van der Waals surface area contributed by atoms with Gasteiger partial charge in [-0.2, -0.15) is 0 Å². The summed E-state index contributed by atoms with van der Waals surface area (Å²) in [5, 5.41) is 2.86. The number of nitrogens with one attached hydrogen (secondary N) is 2. The fraction of sp³-hybridized carbons (Fsp3) is 0.0909.